The number of benzene rings is 1. The first-order valence-electron chi connectivity index (χ1n) is 7.37. The van der Waals surface area contributed by atoms with E-state index in [0.29, 0.717) is 12.2 Å². The fourth-order valence-electron chi connectivity index (χ4n) is 3.32. The van der Waals surface area contributed by atoms with Gasteiger partial charge in [0.1, 0.15) is 0 Å². The van der Waals surface area contributed by atoms with Crippen molar-refractivity contribution in [2.75, 3.05) is 18.4 Å². The van der Waals surface area contributed by atoms with Crippen molar-refractivity contribution in [2.24, 2.45) is 11.8 Å². The first-order valence-corrected chi connectivity index (χ1v) is 7.37. The second-order valence-corrected chi connectivity index (χ2v) is 6.06. The van der Waals surface area contributed by atoms with Crippen molar-refractivity contribution in [1.29, 1.82) is 0 Å². The molecule has 0 bridgehead atoms. The van der Waals surface area contributed by atoms with Crippen LogP contribution in [0.3, 0.4) is 0 Å². The van der Waals surface area contributed by atoms with Crippen LogP contribution in [0.1, 0.15) is 24.8 Å². The minimum absolute atomic E-state index is 0.0749. The highest BCUT2D eigenvalue weighted by molar-refractivity contribution is 6.01. The molecule has 2 amide bonds. The highest BCUT2D eigenvalue weighted by Gasteiger charge is 2.41. The van der Waals surface area contributed by atoms with Crippen LogP contribution in [0.4, 0.5) is 5.69 Å². The number of nitrogens with one attached hydrogen (secondary N) is 1. The first kappa shape index (κ1) is 14.6. The largest absolute Gasteiger partial charge is 0.481 e. The summed E-state index contributed by atoms with van der Waals surface area (Å²) < 4.78 is 0. The minimum atomic E-state index is -0.871. The predicted octanol–water partition coefficient (Wildman–Crippen LogP) is 1.29. The second-order valence-electron chi connectivity index (χ2n) is 6.06. The summed E-state index contributed by atoms with van der Waals surface area (Å²) in [5, 5.41) is 12.0. The number of likely N-dealkylation sites (tertiary alicyclic amines) is 1. The standard InChI is InChI=1S/C16H18N2O4/c1-9-7-18(8-12(9)16(21)22)15(20)11-6-14(19)17-13-5-3-2-4-10(11)13/h2-5,9,11-12H,6-8H2,1H3,(H,17,19)(H,21,22)/t9-,11?,12-/m1/s1. The van der Waals surface area contributed by atoms with Gasteiger partial charge in [0.2, 0.25) is 11.8 Å². The number of nitrogens with zero attached hydrogens (tertiary/aromatic N) is 1. The average Bonchev–Trinajstić information content (AvgIpc) is 2.87. The zero-order valence-electron chi connectivity index (χ0n) is 12.3. The van der Waals surface area contributed by atoms with Crippen molar-refractivity contribution in [2.45, 2.75) is 19.3 Å². The van der Waals surface area contributed by atoms with E-state index in [4.69, 9.17) is 0 Å². The molecule has 2 N–H and O–H groups in total. The lowest BCUT2D eigenvalue weighted by atomic mass is 9.89. The lowest BCUT2D eigenvalue weighted by Crippen LogP contribution is -2.37. The van der Waals surface area contributed by atoms with Gasteiger partial charge < -0.3 is 15.3 Å². The monoisotopic (exact) mass is 302 g/mol. The Bertz CT molecular complexity index is 643. The van der Waals surface area contributed by atoms with Crippen molar-refractivity contribution >= 4 is 23.5 Å². The average molecular weight is 302 g/mol. The number of anilines is 1. The summed E-state index contributed by atoms with van der Waals surface area (Å²) >= 11 is 0. The Kier molecular flexibility index (Phi) is 3.60. The summed E-state index contributed by atoms with van der Waals surface area (Å²) in [6.45, 7) is 2.49. The summed E-state index contributed by atoms with van der Waals surface area (Å²) in [4.78, 5) is 37.4. The number of hydrogen-bond donors (Lipinski definition) is 2. The molecule has 22 heavy (non-hydrogen) atoms. The van der Waals surface area contributed by atoms with Gasteiger partial charge in [0.25, 0.3) is 0 Å². The molecule has 2 heterocycles. The Hall–Kier alpha value is -2.37. The molecule has 1 unspecified atom stereocenters. The van der Waals surface area contributed by atoms with Gasteiger partial charge in [0.15, 0.2) is 0 Å². The van der Waals surface area contributed by atoms with E-state index in [-0.39, 0.29) is 30.7 Å². The summed E-state index contributed by atoms with van der Waals surface area (Å²) in [7, 11) is 0. The van der Waals surface area contributed by atoms with Crippen LogP contribution in [0.2, 0.25) is 0 Å². The Morgan fingerprint density at radius 2 is 2.00 bits per heavy atom. The van der Waals surface area contributed by atoms with Gasteiger partial charge in [-0.3, -0.25) is 14.4 Å². The number of carbonyl (C=O) groups excluding carboxylic acids is 2. The molecule has 0 radical (unpaired) electrons. The topological polar surface area (TPSA) is 86.7 Å². The van der Waals surface area contributed by atoms with Gasteiger partial charge in [0.05, 0.1) is 11.8 Å². The third-order valence-electron chi connectivity index (χ3n) is 4.54. The van der Waals surface area contributed by atoms with Crippen LogP contribution in [0, 0.1) is 11.8 Å². The van der Waals surface area contributed by atoms with Crippen molar-refractivity contribution in [3.8, 4) is 0 Å². The van der Waals surface area contributed by atoms with Gasteiger partial charge in [-0.05, 0) is 17.5 Å². The summed E-state index contributed by atoms with van der Waals surface area (Å²) in [6.07, 6.45) is 0.110. The van der Waals surface area contributed by atoms with E-state index < -0.39 is 17.8 Å². The Morgan fingerprint density at radius 1 is 1.27 bits per heavy atom. The third-order valence-corrected chi connectivity index (χ3v) is 4.54. The van der Waals surface area contributed by atoms with Gasteiger partial charge in [-0.15, -0.1) is 0 Å². The molecule has 3 atom stereocenters. The first-order chi connectivity index (χ1) is 10.5. The number of hydrogen-bond acceptors (Lipinski definition) is 3. The fraction of sp³-hybridized carbons (Fsp3) is 0.438. The second kappa shape index (κ2) is 5.44. The van der Waals surface area contributed by atoms with Crippen molar-refractivity contribution in [3.63, 3.8) is 0 Å². The van der Waals surface area contributed by atoms with Crippen LogP contribution >= 0.6 is 0 Å². The SMILES string of the molecule is C[C@@H]1CN(C(=O)C2CC(=O)Nc3ccccc32)C[C@H]1C(=O)O. The molecule has 1 aromatic rings. The van der Waals surface area contributed by atoms with E-state index >= 15 is 0 Å². The van der Waals surface area contributed by atoms with E-state index in [1.54, 1.807) is 11.0 Å². The summed E-state index contributed by atoms with van der Waals surface area (Å²) in [5.74, 6) is -2.34. The quantitative estimate of drug-likeness (QED) is 0.862. The normalized spacial score (nSPS) is 27.2. The summed E-state index contributed by atoms with van der Waals surface area (Å²) in [5.41, 5.74) is 1.47. The van der Waals surface area contributed by atoms with Crippen LogP contribution in [0.15, 0.2) is 24.3 Å². The molecule has 1 aromatic carbocycles. The van der Waals surface area contributed by atoms with Crippen LogP contribution < -0.4 is 5.32 Å². The van der Waals surface area contributed by atoms with Gasteiger partial charge in [0, 0.05) is 25.2 Å². The highest BCUT2D eigenvalue weighted by atomic mass is 16.4. The number of amides is 2. The minimum Gasteiger partial charge on any atom is -0.481 e. The van der Waals surface area contributed by atoms with Crippen LogP contribution in [0.25, 0.3) is 0 Å². The van der Waals surface area contributed by atoms with Crippen molar-refractivity contribution < 1.29 is 19.5 Å². The van der Waals surface area contributed by atoms with E-state index in [9.17, 15) is 19.5 Å². The van der Waals surface area contributed by atoms with Crippen molar-refractivity contribution in [3.05, 3.63) is 29.8 Å². The predicted molar refractivity (Wildman–Crippen MR) is 79.3 cm³/mol. The molecule has 0 spiro atoms. The number of carboxylic acids is 1. The lowest BCUT2D eigenvalue weighted by Gasteiger charge is -2.28. The molecule has 2 aliphatic heterocycles. The molecule has 0 aliphatic carbocycles. The molecular formula is C16H18N2O4. The Labute approximate surface area is 128 Å². The smallest absolute Gasteiger partial charge is 0.308 e. The number of fused-ring (bicyclic) bond motifs is 1. The number of carbonyl (C=O) groups is 3. The molecule has 0 aromatic heterocycles. The maximum Gasteiger partial charge on any atom is 0.308 e. The van der Waals surface area contributed by atoms with Gasteiger partial charge in [-0.2, -0.15) is 0 Å². The van der Waals surface area contributed by atoms with Gasteiger partial charge in [-0.25, -0.2) is 0 Å². The van der Waals surface area contributed by atoms with Crippen LogP contribution in [-0.4, -0.2) is 40.9 Å². The highest BCUT2D eigenvalue weighted by Crippen LogP contribution is 2.35. The maximum atomic E-state index is 12.8. The molecule has 1 saturated heterocycles. The van der Waals surface area contributed by atoms with E-state index in [0.717, 1.165) is 5.56 Å². The molecule has 0 saturated carbocycles. The molecule has 6 heteroatoms. The molecule has 116 valence electrons. The number of rotatable bonds is 2. The third kappa shape index (κ3) is 2.45. The van der Waals surface area contributed by atoms with Gasteiger partial charge in [-0.1, -0.05) is 25.1 Å². The summed E-state index contributed by atoms with van der Waals surface area (Å²) in [6, 6.07) is 7.26. The van der Waals surface area contributed by atoms with Crippen LogP contribution in [0.5, 0.6) is 0 Å². The molecule has 6 nitrogen and oxygen atoms in total. The zero-order chi connectivity index (χ0) is 15.9. The van der Waals surface area contributed by atoms with E-state index in [1.807, 2.05) is 25.1 Å². The number of aliphatic carboxylic acids is 1. The lowest BCUT2D eigenvalue weighted by molar-refractivity contribution is -0.142. The molecule has 1 fully saturated rings. The van der Waals surface area contributed by atoms with E-state index in [1.165, 1.54) is 0 Å². The number of carboxylic acid groups (broad SMARTS) is 1. The fourth-order valence-corrected chi connectivity index (χ4v) is 3.32. The Morgan fingerprint density at radius 3 is 2.68 bits per heavy atom. The number of para-hydroxylation sites is 1. The molecule has 3 rings (SSSR count). The van der Waals surface area contributed by atoms with Crippen molar-refractivity contribution in [1.82, 2.24) is 4.90 Å². The van der Waals surface area contributed by atoms with Crippen LogP contribution in [-0.2, 0) is 14.4 Å². The van der Waals surface area contributed by atoms with E-state index in [2.05, 4.69) is 5.32 Å². The maximum absolute atomic E-state index is 12.8. The van der Waals surface area contributed by atoms with Gasteiger partial charge >= 0.3 is 5.97 Å². The molecule has 2 aliphatic rings. The Balaban J connectivity index is 1.84. The zero-order valence-corrected chi connectivity index (χ0v) is 12.3. The molecular weight excluding hydrogens is 284 g/mol.